The van der Waals surface area contributed by atoms with E-state index in [9.17, 15) is 9.59 Å². The number of benzene rings is 3. The molecule has 1 unspecified atom stereocenters. The highest BCUT2D eigenvalue weighted by molar-refractivity contribution is 5.94. The molecule has 0 aliphatic carbocycles. The average Bonchev–Trinajstić information content (AvgIpc) is 2.83. The first-order valence-corrected chi connectivity index (χ1v) is 11.7. The van der Waals surface area contributed by atoms with Crippen molar-refractivity contribution in [3.63, 3.8) is 0 Å². The Morgan fingerprint density at radius 1 is 0.912 bits per heavy atom. The number of nitrogens with zero attached hydrogens (tertiary/aromatic N) is 3. The van der Waals surface area contributed by atoms with Gasteiger partial charge in [-0.05, 0) is 62.6 Å². The van der Waals surface area contributed by atoms with Gasteiger partial charge in [0.15, 0.2) is 0 Å². The van der Waals surface area contributed by atoms with Crippen LogP contribution in [0.25, 0.3) is 16.6 Å². The third kappa shape index (κ3) is 4.51. The van der Waals surface area contributed by atoms with E-state index in [-0.39, 0.29) is 17.4 Å². The van der Waals surface area contributed by atoms with Crippen LogP contribution < -0.4 is 5.56 Å². The van der Waals surface area contributed by atoms with Gasteiger partial charge in [0.1, 0.15) is 5.82 Å². The number of carbonyl (C=O) groups is 1. The molecular formula is C29H31N3O2. The van der Waals surface area contributed by atoms with Gasteiger partial charge < -0.3 is 4.90 Å². The van der Waals surface area contributed by atoms with E-state index in [2.05, 4.69) is 13.8 Å². The van der Waals surface area contributed by atoms with Crippen molar-refractivity contribution in [3.8, 4) is 5.69 Å². The first-order chi connectivity index (χ1) is 16.3. The number of amides is 1. The van der Waals surface area contributed by atoms with Gasteiger partial charge in [0.25, 0.3) is 11.5 Å². The lowest BCUT2D eigenvalue weighted by atomic mass is 10.1. The number of fused-ring (bicyclic) bond motifs is 1. The van der Waals surface area contributed by atoms with E-state index in [1.165, 1.54) is 0 Å². The topological polar surface area (TPSA) is 55.2 Å². The summed E-state index contributed by atoms with van der Waals surface area (Å²) < 4.78 is 1.68. The zero-order valence-electron chi connectivity index (χ0n) is 20.4. The number of hydrogen-bond acceptors (Lipinski definition) is 3. The quantitative estimate of drug-likeness (QED) is 0.367. The van der Waals surface area contributed by atoms with E-state index in [4.69, 9.17) is 4.98 Å². The zero-order chi connectivity index (χ0) is 24.4. The summed E-state index contributed by atoms with van der Waals surface area (Å²) in [7, 11) is 0. The summed E-state index contributed by atoms with van der Waals surface area (Å²) in [5.41, 5.74) is 3.98. The number of aromatic nitrogens is 2. The van der Waals surface area contributed by atoms with Crippen LogP contribution in [-0.2, 0) is 0 Å². The average molecular weight is 454 g/mol. The molecule has 4 rings (SSSR count). The summed E-state index contributed by atoms with van der Waals surface area (Å²) in [5.74, 6) is 0.731. The highest BCUT2D eigenvalue weighted by Gasteiger charge is 2.28. The Labute approximate surface area is 200 Å². The number of hydrogen-bond donors (Lipinski definition) is 0. The molecule has 1 amide bonds. The maximum atomic E-state index is 13.7. The third-order valence-corrected chi connectivity index (χ3v) is 6.12. The van der Waals surface area contributed by atoms with Crippen LogP contribution in [0.4, 0.5) is 0 Å². The second-order valence-corrected chi connectivity index (χ2v) is 9.31. The van der Waals surface area contributed by atoms with E-state index >= 15 is 0 Å². The summed E-state index contributed by atoms with van der Waals surface area (Å²) in [6, 6.07) is 22.4. The number of para-hydroxylation sites is 2. The van der Waals surface area contributed by atoms with Crippen molar-refractivity contribution in [2.75, 3.05) is 6.54 Å². The number of carbonyl (C=O) groups excluding carboxylic acids is 1. The van der Waals surface area contributed by atoms with Crippen LogP contribution in [0, 0.1) is 19.8 Å². The Hall–Kier alpha value is -3.73. The zero-order valence-corrected chi connectivity index (χ0v) is 20.4. The fourth-order valence-electron chi connectivity index (χ4n) is 4.29. The molecule has 1 aromatic heterocycles. The third-order valence-electron chi connectivity index (χ3n) is 6.12. The minimum absolute atomic E-state index is 0.0695. The maximum absolute atomic E-state index is 13.7. The molecular weight excluding hydrogens is 422 g/mol. The Bertz CT molecular complexity index is 1390. The Balaban J connectivity index is 1.93. The van der Waals surface area contributed by atoms with Crippen molar-refractivity contribution in [3.05, 3.63) is 106 Å². The highest BCUT2D eigenvalue weighted by atomic mass is 16.2. The second kappa shape index (κ2) is 9.64. The van der Waals surface area contributed by atoms with Crippen LogP contribution in [0.2, 0.25) is 0 Å². The Kier molecular flexibility index (Phi) is 6.64. The van der Waals surface area contributed by atoms with Gasteiger partial charge in [-0.1, -0.05) is 61.9 Å². The lowest BCUT2D eigenvalue weighted by molar-refractivity contribution is 0.0655. The van der Waals surface area contributed by atoms with Crippen LogP contribution in [0.1, 0.15) is 54.1 Å². The van der Waals surface area contributed by atoms with Crippen LogP contribution in [0.3, 0.4) is 0 Å². The Morgan fingerprint density at radius 3 is 2.24 bits per heavy atom. The Morgan fingerprint density at radius 2 is 1.56 bits per heavy atom. The van der Waals surface area contributed by atoms with Crippen LogP contribution in [-0.4, -0.2) is 26.9 Å². The molecule has 0 saturated carbocycles. The van der Waals surface area contributed by atoms with E-state index in [0.717, 1.165) is 16.8 Å². The predicted octanol–water partition coefficient (Wildman–Crippen LogP) is 5.86. The van der Waals surface area contributed by atoms with Gasteiger partial charge in [-0.15, -0.1) is 0 Å². The first-order valence-electron chi connectivity index (χ1n) is 11.7. The molecule has 1 heterocycles. The molecule has 0 aliphatic rings. The van der Waals surface area contributed by atoms with Gasteiger partial charge in [0.2, 0.25) is 0 Å². The fraction of sp³-hybridized carbons (Fsp3) is 0.276. The summed E-state index contributed by atoms with van der Waals surface area (Å²) in [6.45, 7) is 10.7. The molecule has 1 atom stereocenters. The molecule has 0 fully saturated rings. The van der Waals surface area contributed by atoms with Gasteiger partial charge in [-0.3, -0.25) is 14.2 Å². The lowest BCUT2D eigenvalue weighted by Gasteiger charge is -2.32. The summed E-state index contributed by atoms with van der Waals surface area (Å²) in [6.07, 6.45) is 0. The summed E-state index contributed by atoms with van der Waals surface area (Å²) >= 11 is 0. The summed E-state index contributed by atoms with van der Waals surface area (Å²) in [4.78, 5) is 34.2. The molecule has 34 heavy (non-hydrogen) atoms. The van der Waals surface area contributed by atoms with Gasteiger partial charge in [-0.2, -0.15) is 0 Å². The molecule has 0 radical (unpaired) electrons. The van der Waals surface area contributed by atoms with Gasteiger partial charge >= 0.3 is 0 Å². The first kappa shape index (κ1) is 23.4. The predicted molar refractivity (Wildman–Crippen MR) is 138 cm³/mol. The van der Waals surface area contributed by atoms with E-state index < -0.39 is 6.04 Å². The van der Waals surface area contributed by atoms with Crippen molar-refractivity contribution in [2.45, 2.75) is 40.7 Å². The molecule has 0 aliphatic heterocycles. The van der Waals surface area contributed by atoms with Crippen molar-refractivity contribution in [1.82, 2.24) is 14.5 Å². The smallest absolute Gasteiger partial charge is 0.266 e. The fourth-order valence-corrected chi connectivity index (χ4v) is 4.29. The van der Waals surface area contributed by atoms with E-state index in [0.29, 0.717) is 28.8 Å². The molecule has 4 aromatic rings. The minimum Gasteiger partial charge on any atom is -0.328 e. The molecule has 0 bridgehead atoms. The number of aryl methyl sites for hydroxylation is 2. The molecule has 0 N–H and O–H groups in total. The standard InChI is InChI=1S/C29H31N3O2/c1-19(2)18-31(28(33)23-16-14-20(3)15-17-23)22(5)27-30-25-12-8-7-11-24(25)29(34)32(27)26-13-9-6-10-21(26)4/h6-17,19,22H,18H2,1-5H3. The van der Waals surface area contributed by atoms with Crippen molar-refractivity contribution >= 4 is 16.8 Å². The van der Waals surface area contributed by atoms with Crippen molar-refractivity contribution < 1.29 is 4.79 Å². The normalized spacial score (nSPS) is 12.2. The van der Waals surface area contributed by atoms with Crippen LogP contribution in [0.15, 0.2) is 77.6 Å². The maximum Gasteiger partial charge on any atom is 0.266 e. The van der Waals surface area contributed by atoms with Gasteiger partial charge in [0.05, 0.1) is 22.6 Å². The van der Waals surface area contributed by atoms with Gasteiger partial charge in [-0.25, -0.2) is 4.98 Å². The minimum atomic E-state index is -0.423. The summed E-state index contributed by atoms with van der Waals surface area (Å²) in [5, 5.41) is 0.557. The lowest BCUT2D eigenvalue weighted by Crippen LogP contribution is -2.39. The van der Waals surface area contributed by atoms with Gasteiger partial charge in [0, 0.05) is 12.1 Å². The molecule has 5 heteroatoms. The molecule has 5 nitrogen and oxygen atoms in total. The van der Waals surface area contributed by atoms with E-state index in [1.807, 2.05) is 92.4 Å². The van der Waals surface area contributed by atoms with Crippen molar-refractivity contribution in [1.29, 1.82) is 0 Å². The van der Waals surface area contributed by atoms with E-state index in [1.54, 1.807) is 10.6 Å². The second-order valence-electron chi connectivity index (χ2n) is 9.31. The van der Waals surface area contributed by atoms with Crippen LogP contribution >= 0.6 is 0 Å². The monoisotopic (exact) mass is 453 g/mol. The highest BCUT2D eigenvalue weighted by Crippen LogP contribution is 2.26. The molecule has 0 saturated heterocycles. The number of rotatable bonds is 6. The molecule has 0 spiro atoms. The van der Waals surface area contributed by atoms with Crippen LogP contribution in [0.5, 0.6) is 0 Å². The molecule has 174 valence electrons. The largest absolute Gasteiger partial charge is 0.328 e. The SMILES string of the molecule is Cc1ccc(C(=O)N(CC(C)C)C(C)c2nc3ccccc3c(=O)n2-c2ccccc2C)cc1. The van der Waals surface area contributed by atoms with Crippen molar-refractivity contribution in [2.24, 2.45) is 5.92 Å². The molecule has 3 aromatic carbocycles.